The van der Waals surface area contributed by atoms with Gasteiger partial charge in [-0.3, -0.25) is 9.69 Å². The van der Waals surface area contributed by atoms with E-state index in [4.69, 9.17) is 5.73 Å². The number of amides is 1. The Morgan fingerprint density at radius 2 is 1.88 bits per heavy atom. The molecule has 8 heteroatoms. The number of rotatable bonds is 6. The smallest absolute Gasteiger partial charge is 0.354 e. The van der Waals surface area contributed by atoms with E-state index in [0.29, 0.717) is 26.2 Å². The maximum Gasteiger partial charge on any atom is 0.405 e. The summed E-state index contributed by atoms with van der Waals surface area (Å²) in [5.41, 5.74) is 6.71. The molecule has 0 radical (unpaired) electrons. The Kier molecular flexibility index (Phi) is 6.59. The lowest BCUT2D eigenvalue weighted by atomic mass is 10.0. The lowest BCUT2D eigenvalue weighted by Gasteiger charge is -2.36. The minimum Gasteiger partial charge on any atom is -0.354 e. The third-order valence-corrected chi connectivity index (χ3v) is 4.10. The van der Waals surface area contributed by atoms with Crippen molar-refractivity contribution < 1.29 is 18.0 Å². The Morgan fingerprint density at radius 3 is 2.46 bits per heavy atom. The van der Waals surface area contributed by atoms with Crippen LogP contribution in [0.1, 0.15) is 18.0 Å². The van der Waals surface area contributed by atoms with Crippen molar-refractivity contribution >= 4 is 5.91 Å². The molecule has 0 aliphatic carbocycles. The van der Waals surface area contributed by atoms with Gasteiger partial charge in [0.2, 0.25) is 5.91 Å². The average Bonchev–Trinajstić information content (AvgIpc) is 2.55. The summed E-state index contributed by atoms with van der Waals surface area (Å²) in [4.78, 5) is 13.3. The highest BCUT2D eigenvalue weighted by molar-refractivity contribution is 5.76. The van der Waals surface area contributed by atoms with Crippen molar-refractivity contribution in [2.45, 2.75) is 24.7 Å². The van der Waals surface area contributed by atoms with Crippen LogP contribution in [-0.4, -0.2) is 55.7 Å². The van der Waals surface area contributed by atoms with Crippen molar-refractivity contribution in [2.24, 2.45) is 5.73 Å². The van der Waals surface area contributed by atoms with Crippen molar-refractivity contribution in [3.63, 3.8) is 0 Å². The zero-order chi connectivity index (χ0) is 17.6. The topological polar surface area (TPSA) is 70.4 Å². The van der Waals surface area contributed by atoms with E-state index in [-0.39, 0.29) is 6.42 Å². The van der Waals surface area contributed by atoms with Crippen LogP contribution in [0.2, 0.25) is 0 Å². The zero-order valence-electron chi connectivity index (χ0n) is 13.4. The molecular weight excluding hydrogens is 321 g/mol. The van der Waals surface area contributed by atoms with Crippen LogP contribution >= 0.6 is 0 Å². The molecule has 24 heavy (non-hydrogen) atoms. The number of carbonyl (C=O) groups excluding carboxylic acids is 1. The first-order valence-corrected chi connectivity index (χ1v) is 7.96. The van der Waals surface area contributed by atoms with Crippen LogP contribution in [0.5, 0.6) is 0 Å². The summed E-state index contributed by atoms with van der Waals surface area (Å²) >= 11 is 0. The van der Waals surface area contributed by atoms with Crippen LogP contribution in [0.4, 0.5) is 13.2 Å². The van der Waals surface area contributed by atoms with Crippen LogP contribution in [0.15, 0.2) is 30.3 Å². The first-order valence-electron chi connectivity index (χ1n) is 7.96. The van der Waals surface area contributed by atoms with Gasteiger partial charge in [-0.2, -0.15) is 13.2 Å². The molecule has 1 saturated heterocycles. The van der Waals surface area contributed by atoms with Crippen molar-refractivity contribution in [3.8, 4) is 0 Å². The Hall–Kier alpha value is -1.64. The number of nitrogens with one attached hydrogen (secondary N) is 2. The van der Waals surface area contributed by atoms with Crippen molar-refractivity contribution in [1.82, 2.24) is 15.5 Å². The second kappa shape index (κ2) is 8.46. The second-order valence-corrected chi connectivity index (χ2v) is 5.87. The van der Waals surface area contributed by atoms with Gasteiger partial charge in [0, 0.05) is 45.2 Å². The van der Waals surface area contributed by atoms with Gasteiger partial charge in [0.25, 0.3) is 0 Å². The van der Waals surface area contributed by atoms with E-state index in [9.17, 15) is 18.0 Å². The molecule has 0 spiro atoms. The van der Waals surface area contributed by atoms with Gasteiger partial charge >= 0.3 is 6.18 Å². The molecule has 2 rings (SSSR count). The van der Waals surface area contributed by atoms with Crippen molar-refractivity contribution in [3.05, 3.63) is 35.9 Å². The number of hydrogen-bond donors (Lipinski definition) is 3. The normalized spacial score (nSPS) is 18.8. The standard InChI is InChI=1S/C16H23F3N4O/c17-16(18,19)14(23-8-6-21-7-9-23)11-22-15(24)10-13(20)12-4-2-1-3-5-12/h1-5,13-14,21H,6-11,20H2,(H,22,24). The predicted octanol–water partition coefficient (Wildman–Crippen LogP) is 1.03. The summed E-state index contributed by atoms with van der Waals surface area (Å²) in [5, 5.41) is 5.40. The second-order valence-electron chi connectivity index (χ2n) is 5.87. The quantitative estimate of drug-likeness (QED) is 0.721. The number of alkyl halides is 3. The van der Waals surface area contributed by atoms with Crippen LogP contribution in [0.25, 0.3) is 0 Å². The van der Waals surface area contributed by atoms with Crippen LogP contribution in [0.3, 0.4) is 0 Å². The largest absolute Gasteiger partial charge is 0.405 e. The summed E-state index contributed by atoms with van der Waals surface area (Å²) in [6, 6.07) is 6.81. The van der Waals surface area contributed by atoms with E-state index in [0.717, 1.165) is 5.56 Å². The van der Waals surface area contributed by atoms with Gasteiger partial charge in [-0.15, -0.1) is 0 Å². The van der Waals surface area contributed by atoms with Crippen LogP contribution < -0.4 is 16.4 Å². The van der Waals surface area contributed by atoms with Gasteiger partial charge in [-0.25, -0.2) is 0 Å². The zero-order valence-corrected chi connectivity index (χ0v) is 13.4. The third kappa shape index (κ3) is 5.47. The maximum atomic E-state index is 13.2. The van der Waals surface area contributed by atoms with Crippen molar-refractivity contribution in [2.75, 3.05) is 32.7 Å². The van der Waals surface area contributed by atoms with Gasteiger partial charge in [-0.1, -0.05) is 30.3 Å². The lowest BCUT2D eigenvalue weighted by Crippen LogP contribution is -2.57. The number of piperazine rings is 1. The Bertz CT molecular complexity index is 518. The molecule has 1 amide bonds. The number of halogens is 3. The molecule has 1 fully saturated rings. The Balaban J connectivity index is 1.87. The highest BCUT2D eigenvalue weighted by Crippen LogP contribution is 2.25. The molecule has 5 nitrogen and oxygen atoms in total. The summed E-state index contributed by atoms with van der Waals surface area (Å²) in [6.07, 6.45) is -4.43. The fourth-order valence-electron chi connectivity index (χ4n) is 2.75. The van der Waals surface area contributed by atoms with E-state index in [1.165, 1.54) is 4.90 Å². The Labute approximate surface area is 139 Å². The fourth-order valence-corrected chi connectivity index (χ4v) is 2.75. The maximum absolute atomic E-state index is 13.2. The monoisotopic (exact) mass is 344 g/mol. The minimum atomic E-state index is -4.38. The molecule has 1 heterocycles. The van der Waals surface area contributed by atoms with E-state index in [1.54, 1.807) is 24.3 Å². The molecule has 0 aromatic heterocycles. The molecule has 1 aliphatic heterocycles. The first-order chi connectivity index (χ1) is 11.4. The van der Waals surface area contributed by atoms with Gasteiger partial charge in [0.1, 0.15) is 6.04 Å². The molecule has 4 N–H and O–H groups in total. The number of benzene rings is 1. The van der Waals surface area contributed by atoms with Gasteiger partial charge in [0.05, 0.1) is 0 Å². The van der Waals surface area contributed by atoms with Crippen LogP contribution in [-0.2, 0) is 4.79 Å². The first kappa shape index (κ1) is 18.7. The van der Waals surface area contributed by atoms with Gasteiger partial charge in [-0.05, 0) is 5.56 Å². The van der Waals surface area contributed by atoms with Gasteiger partial charge in [0.15, 0.2) is 0 Å². The highest BCUT2D eigenvalue weighted by Gasteiger charge is 2.43. The van der Waals surface area contributed by atoms with Crippen LogP contribution in [0, 0.1) is 0 Å². The van der Waals surface area contributed by atoms with E-state index >= 15 is 0 Å². The SMILES string of the molecule is NC(CC(=O)NCC(N1CCNCC1)C(F)(F)F)c1ccccc1. The summed E-state index contributed by atoms with van der Waals surface area (Å²) in [7, 11) is 0. The molecule has 2 atom stereocenters. The minimum absolute atomic E-state index is 0.0455. The molecule has 0 bridgehead atoms. The molecule has 1 aliphatic rings. The molecule has 1 aromatic carbocycles. The van der Waals surface area contributed by atoms with E-state index < -0.39 is 30.7 Å². The number of carbonyl (C=O) groups is 1. The van der Waals surface area contributed by atoms with E-state index in [2.05, 4.69) is 10.6 Å². The van der Waals surface area contributed by atoms with Crippen molar-refractivity contribution in [1.29, 1.82) is 0 Å². The summed E-state index contributed by atoms with van der Waals surface area (Å²) in [6.45, 7) is 1.19. The predicted molar refractivity (Wildman–Crippen MR) is 85.3 cm³/mol. The molecule has 2 unspecified atom stereocenters. The average molecular weight is 344 g/mol. The molecule has 134 valence electrons. The van der Waals surface area contributed by atoms with Gasteiger partial charge < -0.3 is 16.4 Å². The summed E-state index contributed by atoms with van der Waals surface area (Å²) in [5.74, 6) is -0.476. The number of nitrogens with zero attached hydrogens (tertiary/aromatic N) is 1. The molecular formula is C16H23F3N4O. The number of hydrogen-bond acceptors (Lipinski definition) is 4. The highest BCUT2D eigenvalue weighted by atomic mass is 19.4. The fraction of sp³-hybridized carbons (Fsp3) is 0.562. The lowest BCUT2D eigenvalue weighted by molar-refractivity contribution is -0.184. The molecule has 0 saturated carbocycles. The summed E-state index contributed by atoms with van der Waals surface area (Å²) < 4.78 is 39.7. The molecule has 1 aromatic rings. The number of nitrogens with two attached hydrogens (primary N) is 1. The third-order valence-electron chi connectivity index (χ3n) is 4.10. The Morgan fingerprint density at radius 1 is 1.25 bits per heavy atom. The van der Waals surface area contributed by atoms with E-state index in [1.807, 2.05) is 6.07 Å².